The van der Waals surface area contributed by atoms with E-state index in [9.17, 15) is 0 Å². The third kappa shape index (κ3) is 2.56. The van der Waals surface area contributed by atoms with Crippen molar-refractivity contribution in [2.45, 2.75) is 25.8 Å². The van der Waals surface area contributed by atoms with Crippen LogP contribution in [0, 0.1) is 0 Å². The van der Waals surface area contributed by atoms with Crippen LogP contribution < -0.4 is 10.2 Å². The predicted octanol–water partition coefficient (Wildman–Crippen LogP) is 1.78. The van der Waals surface area contributed by atoms with Gasteiger partial charge in [0.1, 0.15) is 5.82 Å². The van der Waals surface area contributed by atoms with Crippen molar-refractivity contribution in [2.24, 2.45) is 0 Å². The molecule has 0 unspecified atom stereocenters. The van der Waals surface area contributed by atoms with Crippen LogP contribution in [0.1, 0.15) is 19.8 Å². The summed E-state index contributed by atoms with van der Waals surface area (Å²) >= 11 is 0. The summed E-state index contributed by atoms with van der Waals surface area (Å²) in [5.74, 6) is 1.84. The van der Waals surface area contributed by atoms with Crippen LogP contribution in [0.25, 0.3) is 5.65 Å². The van der Waals surface area contributed by atoms with Gasteiger partial charge in [0.25, 0.3) is 0 Å². The van der Waals surface area contributed by atoms with Gasteiger partial charge >= 0.3 is 0 Å². The summed E-state index contributed by atoms with van der Waals surface area (Å²) in [6, 6.07) is 0.579. The molecular weight excluding hydrogens is 254 g/mol. The van der Waals surface area contributed by atoms with Gasteiger partial charge in [-0.15, -0.1) is 0 Å². The third-order valence-electron chi connectivity index (χ3n) is 3.51. The Labute approximate surface area is 118 Å². The second-order valence-electron chi connectivity index (χ2n) is 5.06. The fourth-order valence-corrected chi connectivity index (χ4v) is 2.41. The average molecular weight is 275 g/mol. The van der Waals surface area contributed by atoms with E-state index < -0.39 is 0 Å². The molecule has 0 bridgehead atoms. The molecule has 0 aromatic carbocycles. The minimum atomic E-state index is 0.579. The number of hydrogen-bond acceptors (Lipinski definition) is 5. The number of methoxy groups -OCH3 is 1. The molecule has 0 saturated heterocycles. The molecule has 6 nitrogen and oxygen atoms in total. The maximum absolute atomic E-state index is 5.23. The number of rotatable bonds is 7. The van der Waals surface area contributed by atoms with Gasteiger partial charge in [-0.25, -0.2) is 9.97 Å². The Bertz CT molecular complexity index is 578. The van der Waals surface area contributed by atoms with E-state index in [0.29, 0.717) is 12.6 Å². The summed E-state index contributed by atoms with van der Waals surface area (Å²) < 4.78 is 7.26. The quantitative estimate of drug-likeness (QED) is 0.834. The van der Waals surface area contributed by atoms with Crippen molar-refractivity contribution in [3.8, 4) is 0 Å². The Morgan fingerprint density at radius 3 is 3.05 bits per heavy atom. The van der Waals surface area contributed by atoms with E-state index in [1.54, 1.807) is 7.11 Å². The van der Waals surface area contributed by atoms with Crippen molar-refractivity contribution in [1.82, 2.24) is 14.4 Å². The van der Waals surface area contributed by atoms with E-state index in [1.165, 1.54) is 12.8 Å². The van der Waals surface area contributed by atoms with Crippen LogP contribution in [0.4, 0.5) is 11.6 Å². The molecule has 1 aliphatic carbocycles. The van der Waals surface area contributed by atoms with E-state index in [-0.39, 0.29) is 0 Å². The number of anilines is 2. The number of hydrogen-bond donors (Lipinski definition) is 1. The molecule has 0 atom stereocenters. The number of imidazole rings is 1. The molecule has 0 spiro atoms. The molecule has 2 aromatic heterocycles. The van der Waals surface area contributed by atoms with Crippen molar-refractivity contribution in [3.63, 3.8) is 0 Å². The number of fused-ring (bicyclic) bond motifs is 1. The Morgan fingerprint density at radius 1 is 1.50 bits per heavy atom. The Hall–Kier alpha value is -1.82. The molecule has 2 aromatic rings. The molecule has 1 N–H and O–H groups in total. The molecule has 0 aliphatic heterocycles. The van der Waals surface area contributed by atoms with Crippen LogP contribution in [-0.4, -0.2) is 47.2 Å². The van der Waals surface area contributed by atoms with Crippen LogP contribution >= 0.6 is 0 Å². The van der Waals surface area contributed by atoms with E-state index in [4.69, 9.17) is 9.72 Å². The first-order valence-corrected chi connectivity index (χ1v) is 7.16. The minimum absolute atomic E-state index is 0.579. The Morgan fingerprint density at radius 2 is 2.35 bits per heavy atom. The van der Waals surface area contributed by atoms with Gasteiger partial charge in [-0.1, -0.05) is 0 Å². The topological polar surface area (TPSA) is 54.7 Å². The van der Waals surface area contributed by atoms with Crippen LogP contribution in [0.5, 0.6) is 0 Å². The number of nitrogens with one attached hydrogen (secondary N) is 1. The van der Waals surface area contributed by atoms with Crippen molar-refractivity contribution < 1.29 is 4.74 Å². The minimum Gasteiger partial charge on any atom is -0.383 e. The lowest BCUT2D eigenvalue weighted by Crippen LogP contribution is -2.31. The number of aromatic nitrogens is 3. The average Bonchev–Trinajstić information content (AvgIpc) is 3.17. The van der Waals surface area contributed by atoms with Crippen LogP contribution in [0.15, 0.2) is 18.6 Å². The first-order valence-electron chi connectivity index (χ1n) is 7.16. The van der Waals surface area contributed by atoms with Crippen molar-refractivity contribution in [2.75, 3.05) is 37.0 Å². The lowest BCUT2D eigenvalue weighted by Gasteiger charge is -2.24. The molecule has 108 valence electrons. The molecule has 0 amide bonds. The van der Waals surface area contributed by atoms with Crippen molar-refractivity contribution in [1.29, 1.82) is 0 Å². The molecule has 20 heavy (non-hydrogen) atoms. The van der Waals surface area contributed by atoms with Gasteiger partial charge < -0.3 is 19.4 Å². The SMILES string of the molecule is CCNc1cn2ccnc2c(N(CCOC)C2CC2)n1. The highest BCUT2D eigenvalue weighted by Gasteiger charge is 2.31. The first-order chi connectivity index (χ1) is 9.83. The van der Waals surface area contributed by atoms with Gasteiger partial charge in [-0.2, -0.15) is 0 Å². The Kier molecular flexibility index (Phi) is 3.73. The summed E-state index contributed by atoms with van der Waals surface area (Å²) in [5, 5.41) is 3.28. The normalized spacial score (nSPS) is 14.7. The maximum atomic E-state index is 5.23. The summed E-state index contributed by atoms with van der Waals surface area (Å²) in [6.07, 6.45) is 8.21. The first kappa shape index (κ1) is 13.2. The van der Waals surface area contributed by atoms with Gasteiger partial charge in [0.2, 0.25) is 0 Å². The van der Waals surface area contributed by atoms with Gasteiger partial charge in [-0.3, -0.25) is 0 Å². The van der Waals surface area contributed by atoms with Gasteiger partial charge in [0, 0.05) is 38.6 Å². The third-order valence-corrected chi connectivity index (χ3v) is 3.51. The van der Waals surface area contributed by atoms with Gasteiger partial charge in [0.15, 0.2) is 11.5 Å². The fraction of sp³-hybridized carbons (Fsp3) is 0.571. The van der Waals surface area contributed by atoms with E-state index in [0.717, 1.165) is 30.4 Å². The van der Waals surface area contributed by atoms with Crippen LogP contribution in [-0.2, 0) is 4.74 Å². The lowest BCUT2D eigenvalue weighted by atomic mass is 10.4. The van der Waals surface area contributed by atoms with Crippen LogP contribution in [0.3, 0.4) is 0 Å². The lowest BCUT2D eigenvalue weighted by molar-refractivity contribution is 0.205. The standard InChI is InChI=1S/C14H21N5O/c1-3-15-12-10-18-7-6-16-13(18)14(17-12)19(8-9-20-2)11-4-5-11/h6-7,10-11,15H,3-5,8-9H2,1-2H3. The molecule has 3 rings (SSSR count). The Balaban J connectivity index is 1.99. The number of nitrogens with zero attached hydrogens (tertiary/aromatic N) is 4. The molecular formula is C14H21N5O. The van der Waals surface area contributed by atoms with E-state index in [1.807, 2.05) is 23.0 Å². The van der Waals surface area contributed by atoms with E-state index in [2.05, 4.69) is 22.1 Å². The summed E-state index contributed by atoms with van der Waals surface area (Å²) in [5.41, 5.74) is 0.912. The maximum Gasteiger partial charge on any atom is 0.180 e. The highest BCUT2D eigenvalue weighted by Crippen LogP contribution is 2.32. The molecule has 1 saturated carbocycles. The highest BCUT2D eigenvalue weighted by atomic mass is 16.5. The monoisotopic (exact) mass is 275 g/mol. The summed E-state index contributed by atoms with van der Waals surface area (Å²) in [4.78, 5) is 11.5. The second-order valence-corrected chi connectivity index (χ2v) is 5.06. The zero-order valence-electron chi connectivity index (χ0n) is 12.0. The van der Waals surface area contributed by atoms with Crippen molar-refractivity contribution >= 4 is 17.3 Å². The van der Waals surface area contributed by atoms with Crippen LogP contribution in [0.2, 0.25) is 0 Å². The number of ether oxygens (including phenoxy) is 1. The second kappa shape index (κ2) is 5.66. The fourth-order valence-electron chi connectivity index (χ4n) is 2.41. The summed E-state index contributed by atoms with van der Waals surface area (Å²) in [6.45, 7) is 4.49. The summed E-state index contributed by atoms with van der Waals surface area (Å²) in [7, 11) is 1.73. The van der Waals surface area contributed by atoms with Crippen molar-refractivity contribution in [3.05, 3.63) is 18.6 Å². The largest absolute Gasteiger partial charge is 0.383 e. The molecule has 1 aliphatic rings. The molecule has 6 heteroatoms. The zero-order chi connectivity index (χ0) is 13.9. The molecule has 1 fully saturated rings. The van der Waals surface area contributed by atoms with Gasteiger partial charge in [0.05, 0.1) is 12.8 Å². The highest BCUT2D eigenvalue weighted by molar-refractivity contribution is 5.67. The van der Waals surface area contributed by atoms with Gasteiger partial charge in [-0.05, 0) is 19.8 Å². The van der Waals surface area contributed by atoms with E-state index >= 15 is 0 Å². The molecule has 0 radical (unpaired) electrons. The molecule has 2 heterocycles. The predicted molar refractivity (Wildman–Crippen MR) is 79.4 cm³/mol. The zero-order valence-corrected chi connectivity index (χ0v) is 12.0. The smallest absolute Gasteiger partial charge is 0.180 e.